The zero-order chi connectivity index (χ0) is 14.8. The lowest BCUT2D eigenvalue weighted by molar-refractivity contribution is 0.259. The minimum Gasteiger partial charge on any atom is -0.329 e. The van der Waals surface area contributed by atoms with Gasteiger partial charge in [0.25, 0.3) is 0 Å². The third-order valence-electron chi connectivity index (χ3n) is 3.35. The molecule has 1 fully saturated rings. The second kappa shape index (κ2) is 6.02. The second-order valence-electron chi connectivity index (χ2n) is 4.70. The molecule has 2 rings (SSSR count). The molecule has 1 aliphatic rings. The number of para-hydroxylation sites is 1. The maximum Gasteiger partial charge on any atom is 0.302 e. The Morgan fingerprint density at radius 3 is 2.55 bits per heavy atom. The van der Waals surface area contributed by atoms with Gasteiger partial charge in [-0.15, -0.1) is 0 Å². The fourth-order valence-electron chi connectivity index (χ4n) is 2.31. The Morgan fingerprint density at radius 2 is 1.95 bits per heavy atom. The van der Waals surface area contributed by atoms with Gasteiger partial charge in [0, 0.05) is 19.1 Å². The molecule has 1 aromatic rings. The Balaban J connectivity index is 2.26. The van der Waals surface area contributed by atoms with Gasteiger partial charge in [0.05, 0.1) is 0 Å². The van der Waals surface area contributed by atoms with E-state index in [9.17, 15) is 17.2 Å². The molecule has 20 heavy (non-hydrogen) atoms. The number of nitrogens with one attached hydrogen (secondary N) is 1. The summed E-state index contributed by atoms with van der Waals surface area (Å²) in [5, 5.41) is 0. The van der Waals surface area contributed by atoms with Crippen molar-refractivity contribution in [2.45, 2.75) is 25.3 Å². The third-order valence-corrected chi connectivity index (χ3v) is 4.91. The van der Waals surface area contributed by atoms with E-state index in [0.29, 0.717) is 19.4 Å². The molecule has 8 heteroatoms. The van der Waals surface area contributed by atoms with Crippen molar-refractivity contribution in [2.75, 3.05) is 17.8 Å². The summed E-state index contributed by atoms with van der Waals surface area (Å²) in [6.07, 6.45) is 2.25. The van der Waals surface area contributed by atoms with E-state index in [1.54, 1.807) is 0 Å². The average molecular weight is 305 g/mol. The summed E-state index contributed by atoms with van der Waals surface area (Å²) < 4.78 is 54.7. The van der Waals surface area contributed by atoms with E-state index in [2.05, 4.69) is 0 Å². The molecule has 0 spiro atoms. The number of hydrogen-bond acceptors (Lipinski definition) is 3. The Morgan fingerprint density at radius 1 is 1.30 bits per heavy atom. The van der Waals surface area contributed by atoms with Gasteiger partial charge in [0.1, 0.15) is 17.3 Å². The summed E-state index contributed by atoms with van der Waals surface area (Å²) >= 11 is 0. The standard InChI is InChI=1S/C12H17F2N3O2S/c13-10-5-3-6-11(14)12(10)16-20(18,19)17-7-2-1-4-9(17)8-15/h3,5-6,9,16H,1-2,4,7-8,15H2. The molecular weight excluding hydrogens is 288 g/mol. The number of anilines is 1. The lowest BCUT2D eigenvalue weighted by Crippen LogP contribution is -2.49. The molecule has 1 saturated heterocycles. The minimum atomic E-state index is -4.02. The quantitative estimate of drug-likeness (QED) is 0.883. The topological polar surface area (TPSA) is 75.4 Å². The van der Waals surface area contributed by atoms with Crippen LogP contribution in [0.5, 0.6) is 0 Å². The largest absolute Gasteiger partial charge is 0.329 e. The van der Waals surface area contributed by atoms with Gasteiger partial charge in [0.2, 0.25) is 0 Å². The first-order valence-corrected chi connectivity index (χ1v) is 7.83. The van der Waals surface area contributed by atoms with Gasteiger partial charge in [-0.2, -0.15) is 12.7 Å². The summed E-state index contributed by atoms with van der Waals surface area (Å²) in [6, 6.07) is 2.83. The number of rotatable bonds is 4. The molecule has 3 N–H and O–H groups in total. The summed E-state index contributed by atoms with van der Waals surface area (Å²) in [5.41, 5.74) is 4.90. The van der Waals surface area contributed by atoms with Crippen LogP contribution in [0.1, 0.15) is 19.3 Å². The van der Waals surface area contributed by atoms with Crippen LogP contribution >= 0.6 is 0 Å². The highest BCUT2D eigenvalue weighted by Gasteiger charge is 2.32. The summed E-state index contributed by atoms with van der Waals surface area (Å²) in [6.45, 7) is 0.480. The first-order chi connectivity index (χ1) is 9.45. The SMILES string of the molecule is NCC1CCCCN1S(=O)(=O)Nc1c(F)cccc1F. The smallest absolute Gasteiger partial charge is 0.302 e. The van der Waals surface area contributed by atoms with Crippen LogP contribution < -0.4 is 10.5 Å². The highest BCUT2D eigenvalue weighted by Crippen LogP contribution is 2.24. The van der Waals surface area contributed by atoms with Crippen LogP contribution in [0.3, 0.4) is 0 Å². The average Bonchev–Trinajstić information content (AvgIpc) is 2.43. The van der Waals surface area contributed by atoms with Crippen molar-refractivity contribution in [3.05, 3.63) is 29.8 Å². The van der Waals surface area contributed by atoms with Crippen molar-refractivity contribution in [3.8, 4) is 0 Å². The van der Waals surface area contributed by atoms with Crippen LogP contribution in [0, 0.1) is 11.6 Å². The lowest BCUT2D eigenvalue weighted by atomic mass is 10.1. The number of halogens is 2. The van der Waals surface area contributed by atoms with Gasteiger partial charge >= 0.3 is 10.2 Å². The van der Waals surface area contributed by atoms with Crippen molar-refractivity contribution in [3.63, 3.8) is 0 Å². The molecule has 0 aromatic heterocycles. The van der Waals surface area contributed by atoms with Crippen LogP contribution in [-0.4, -0.2) is 31.9 Å². The van der Waals surface area contributed by atoms with Crippen LogP contribution in [0.4, 0.5) is 14.5 Å². The molecule has 0 saturated carbocycles. The first-order valence-electron chi connectivity index (χ1n) is 6.39. The second-order valence-corrected chi connectivity index (χ2v) is 6.32. The first kappa shape index (κ1) is 15.1. The van der Waals surface area contributed by atoms with Crippen LogP contribution in [0.15, 0.2) is 18.2 Å². The van der Waals surface area contributed by atoms with Gasteiger partial charge in [-0.25, -0.2) is 8.78 Å². The van der Waals surface area contributed by atoms with Crippen molar-refractivity contribution < 1.29 is 17.2 Å². The van der Waals surface area contributed by atoms with Crippen LogP contribution in [0.25, 0.3) is 0 Å². The number of nitrogens with zero attached hydrogens (tertiary/aromatic N) is 1. The Labute approximate surface area is 116 Å². The van der Waals surface area contributed by atoms with E-state index < -0.39 is 27.5 Å². The van der Waals surface area contributed by atoms with Gasteiger partial charge in [-0.1, -0.05) is 12.5 Å². The van der Waals surface area contributed by atoms with Crippen molar-refractivity contribution in [1.29, 1.82) is 0 Å². The van der Waals surface area contributed by atoms with Crippen molar-refractivity contribution in [2.24, 2.45) is 5.73 Å². The molecule has 0 aliphatic carbocycles. The highest BCUT2D eigenvalue weighted by atomic mass is 32.2. The summed E-state index contributed by atoms with van der Waals surface area (Å²) in [7, 11) is -4.02. The lowest BCUT2D eigenvalue weighted by Gasteiger charge is -2.33. The molecule has 0 bridgehead atoms. The molecule has 1 atom stereocenters. The fraction of sp³-hybridized carbons (Fsp3) is 0.500. The van der Waals surface area contributed by atoms with Crippen molar-refractivity contribution >= 4 is 15.9 Å². The summed E-state index contributed by atoms with van der Waals surface area (Å²) in [5.74, 6) is -1.90. The monoisotopic (exact) mass is 305 g/mol. The minimum absolute atomic E-state index is 0.181. The zero-order valence-electron chi connectivity index (χ0n) is 10.9. The molecular formula is C12H17F2N3O2S. The molecule has 1 heterocycles. The summed E-state index contributed by atoms with van der Waals surface area (Å²) in [4.78, 5) is 0. The number of hydrogen-bond donors (Lipinski definition) is 2. The number of benzene rings is 1. The van der Waals surface area contributed by atoms with Crippen LogP contribution in [0.2, 0.25) is 0 Å². The zero-order valence-corrected chi connectivity index (χ0v) is 11.7. The van der Waals surface area contributed by atoms with Crippen molar-refractivity contribution in [1.82, 2.24) is 4.31 Å². The highest BCUT2D eigenvalue weighted by molar-refractivity contribution is 7.90. The predicted octanol–water partition coefficient (Wildman–Crippen LogP) is 1.43. The van der Waals surface area contributed by atoms with Gasteiger partial charge in [-0.3, -0.25) is 4.72 Å². The Kier molecular flexibility index (Phi) is 4.56. The number of nitrogens with two attached hydrogens (primary N) is 1. The molecule has 1 aromatic carbocycles. The molecule has 0 radical (unpaired) electrons. The Bertz CT molecular complexity index is 560. The molecule has 1 unspecified atom stereocenters. The van der Waals surface area contributed by atoms with E-state index in [-0.39, 0.29) is 12.6 Å². The molecule has 5 nitrogen and oxygen atoms in total. The normalized spacial score (nSPS) is 20.9. The maximum absolute atomic E-state index is 13.5. The van der Waals surface area contributed by atoms with E-state index in [1.807, 2.05) is 4.72 Å². The maximum atomic E-state index is 13.5. The molecule has 112 valence electrons. The van der Waals surface area contributed by atoms with Crippen LogP contribution in [-0.2, 0) is 10.2 Å². The molecule has 1 aliphatic heterocycles. The molecule has 0 amide bonds. The van der Waals surface area contributed by atoms with E-state index in [4.69, 9.17) is 5.73 Å². The predicted molar refractivity (Wildman–Crippen MR) is 72.3 cm³/mol. The Hall–Kier alpha value is -1.25. The van der Waals surface area contributed by atoms with E-state index >= 15 is 0 Å². The van der Waals surface area contributed by atoms with Gasteiger partial charge in [-0.05, 0) is 25.0 Å². The fourth-order valence-corrected chi connectivity index (χ4v) is 3.83. The van der Waals surface area contributed by atoms with E-state index in [1.165, 1.54) is 10.4 Å². The van der Waals surface area contributed by atoms with Gasteiger partial charge in [0.15, 0.2) is 0 Å². The number of piperidine rings is 1. The van der Waals surface area contributed by atoms with E-state index in [0.717, 1.165) is 18.6 Å². The third kappa shape index (κ3) is 3.08. The van der Waals surface area contributed by atoms with Gasteiger partial charge < -0.3 is 5.73 Å².